The van der Waals surface area contributed by atoms with Gasteiger partial charge in [-0.25, -0.2) is 4.79 Å². The van der Waals surface area contributed by atoms with Crippen molar-refractivity contribution in [3.63, 3.8) is 0 Å². The van der Waals surface area contributed by atoms with Crippen LogP contribution in [0.1, 0.15) is 11.1 Å². The van der Waals surface area contributed by atoms with Gasteiger partial charge < -0.3 is 10.1 Å². The molecule has 0 aliphatic carbocycles. The molecule has 0 radical (unpaired) electrons. The lowest BCUT2D eigenvalue weighted by molar-refractivity contribution is -0.131. The maximum atomic E-state index is 10.4. The van der Waals surface area contributed by atoms with Crippen molar-refractivity contribution in [3.8, 4) is 0 Å². The zero-order chi connectivity index (χ0) is 10.8. The number of nitrogens with one attached hydrogen (secondary N) is 1. The Morgan fingerprint density at radius 1 is 1.47 bits per heavy atom. The zero-order valence-electron chi connectivity index (χ0n) is 8.32. The van der Waals surface area contributed by atoms with Crippen LogP contribution in [0.3, 0.4) is 0 Å². The molecule has 3 nitrogen and oxygen atoms in total. The van der Waals surface area contributed by atoms with Crippen molar-refractivity contribution in [2.45, 2.75) is 6.92 Å². The van der Waals surface area contributed by atoms with E-state index >= 15 is 0 Å². The first-order valence-electron chi connectivity index (χ1n) is 4.66. The van der Waals surface area contributed by atoms with E-state index in [-0.39, 0.29) is 0 Å². The van der Waals surface area contributed by atoms with Crippen molar-refractivity contribution in [1.82, 2.24) is 4.98 Å². The second-order valence-corrected chi connectivity index (χ2v) is 3.41. The van der Waals surface area contributed by atoms with Gasteiger partial charge in [0.15, 0.2) is 0 Å². The molecule has 15 heavy (non-hydrogen) atoms. The van der Waals surface area contributed by atoms with Crippen LogP contribution in [0.5, 0.6) is 0 Å². The van der Waals surface area contributed by atoms with E-state index in [0.29, 0.717) is 0 Å². The van der Waals surface area contributed by atoms with Gasteiger partial charge in [-0.2, -0.15) is 0 Å². The molecule has 1 aromatic carbocycles. The topological polar surface area (TPSA) is 53.1 Å². The van der Waals surface area contributed by atoms with Gasteiger partial charge in [0.05, 0.1) is 0 Å². The average molecular weight is 201 g/mol. The highest BCUT2D eigenvalue weighted by Gasteiger charge is 2.03. The highest BCUT2D eigenvalue weighted by molar-refractivity contribution is 5.95. The minimum Gasteiger partial charge on any atom is -0.478 e. The van der Waals surface area contributed by atoms with E-state index in [1.165, 1.54) is 0 Å². The van der Waals surface area contributed by atoms with Crippen molar-refractivity contribution in [2.24, 2.45) is 0 Å². The number of carbonyl (C=O) groups is 1. The van der Waals surface area contributed by atoms with E-state index in [2.05, 4.69) is 4.98 Å². The molecule has 0 atom stereocenters. The number of benzene rings is 1. The Morgan fingerprint density at radius 3 is 3.00 bits per heavy atom. The van der Waals surface area contributed by atoms with Gasteiger partial charge in [0.25, 0.3) is 0 Å². The fourth-order valence-corrected chi connectivity index (χ4v) is 1.69. The van der Waals surface area contributed by atoms with Crippen molar-refractivity contribution < 1.29 is 9.90 Å². The highest BCUT2D eigenvalue weighted by atomic mass is 16.4. The summed E-state index contributed by atoms with van der Waals surface area (Å²) in [5, 5.41) is 9.64. The number of H-pyrrole nitrogens is 1. The van der Waals surface area contributed by atoms with Crippen molar-refractivity contribution >= 4 is 22.9 Å². The minimum atomic E-state index is -0.932. The molecule has 0 unspecified atom stereocenters. The normalized spacial score (nSPS) is 11.3. The molecule has 0 aliphatic rings. The van der Waals surface area contributed by atoms with Gasteiger partial charge in [-0.15, -0.1) is 0 Å². The molecule has 1 heterocycles. The summed E-state index contributed by atoms with van der Waals surface area (Å²) >= 11 is 0. The molecule has 1 aromatic heterocycles. The number of rotatable bonds is 2. The summed E-state index contributed by atoms with van der Waals surface area (Å²) in [6.07, 6.45) is 4.57. The van der Waals surface area contributed by atoms with Crippen LogP contribution in [0.4, 0.5) is 0 Å². The molecule has 0 spiro atoms. The number of aliphatic carboxylic acids is 1. The SMILES string of the molecule is Cc1cccc2[nH]cc(C=CC(=O)O)c12. The van der Waals surface area contributed by atoms with Crippen LogP contribution < -0.4 is 0 Å². The number of aryl methyl sites for hydroxylation is 1. The van der Waals surface area contributed by atoms with E-state index in [0.717, 1.165) is 28.1 Å². The Morgan fingerprint density at radius 2 is 2.27 bits per heavy atom. The number of hydrogen-bond donors (Lipinski definition) is 2. The Kier molecular flexibility index (Phi) is 2.29. The van der Waals surface area contributed by atoms with E-state index in [1.807, 2.05) is 31.3 Å². The fourth-order valence-electron chi connectivity index (χ4n) is 1.69. The van der Waals surface area contributed by atoms with Gasteiger partial charge in [0, 0.05) is 28.7 Å². The Bertz CT molecular complexity index is 538. The predicted octanol–water partition coefficient (Wildman–Crippen LogP) is 2.57. The number of carboxylic acids is 1. The number of aromatic nitrogens is 1. The summed E-state index contributed by atoms with van der Waals surface area (Å²) in [6.45, 7) is 2.01. The first kappa shape index (κ1) is 9.52. The third-order valence-electron chi connectivity index (χ3n) is 2.35. The molecular weight excluding hydrogens is 190 g/mol. The van der Waals surface area contributed by atoms with Gasteiger partial charge in [0.2, 0.25) is 0 Å². The second-order valence-electron chi connectivity index (χ2n) is 3.41. The van der Waals surface area contributed by atoms with Crippen LogP contribution in [-0.2, 0) is 4.79 Å². The maximum Gasteiger partial charge on any atom is 0.328 e. The summed E-state index contributed by atoms with van der Waals surface area (Å²) in [4.78, 5) is 13.5. The molecule has 0 saturated carbocycles. The van der Waals surface area contributed by atoms with E-state index in [4.69, 9.17) is 5.11 Å². The van der Waals surface area contributed by atoms with E-state index < -0.39 is 5.97 Å². The van der Waals surface area contributed by atoms with Crippen LogP contribution in [0.15, 0.2) is 30.5 Å². The third-order valence-corrected chi connectivity index (χ3v) is 2.35. The lowest BCUT2D eigenvalue weighted by Crippen LogP contribution is -1.85. The number of hydrogen-bond acceptors (Lipinski definition) is 1. The van der Waals surface area contributed by atoms with Crippen molar-refractivity contribution in [3.05, 3.63) is 41.6 Å². The monoisotopic (exact) mass is 201 g/mol. The van der Waals surface area contributed by atoms with Crippen LogP contribution in [0.25, 0.3) is 17.0 Å². The smallest absolute Gasteiger partial charge is 0.328 e. The summed E-state index contributed by atoms with van der Waals surface area (Å²) in [5.41, 5.74) is 3.07. The number of carboxylic acid groups (broad SMARTS) is 1. The fraction of sp³-hybridized carbons (Fsp3) is 0.0833. The molecule has 2 N–H and O–H groups in total. The summed E-state index contributed by atoms with van der Waals surface area (Å²) in [6, 6.07) is 5.95. The molecule has 3 heteroatoms. The molecule has 2 aromatic rings. The molecule has 0 fully saturated rings. The molecule has 0 aliphatic heterocycles. The Balaban J connectivity index is 2.57. The lowest BCUT2D eigenvalue weighted by Gasteiger charge is -1.96. The molecule has 2 rings (SSSR count). The van der Waals surface area contributed by atoms with Crippen LogP contribution in [-0.4, -0.2) is 16.1 Å². The third kappa shape index (κ3) is 1.76. The standard InChI is InChI=1S/C12H11NO2/c1-8-3-2-4-10-12(8)9(7-13-10)5-6-11(14)15/h2-7,13H,1H3,(H,14,15). The zero-order valence-corrected chi connectivity index (χ0v) is 8.32. The van der Waals surface area contributed by atoms with E-state index in [9.17, 15) is 4.79 Å². The highest BCUT2D eigenvalue weighted by Crippen LogP contribution is 2.22. The summed E-state index contributed by atoms with van der Waals surface area (Å²) < 4.78 is 0. The first-order valence-corrected chi connectivity index (χ1v) is 4.66. The van der Waals surface area contributed by atoms with E-state index in [1.54, 1.807) is 6.08 Å². The summed E-state index contributed by atoms with van der Waals surface area (Å²) in [5.74, 6) is -0.932. The lowest BCUT2D eigenvalue weighted by atomic mass is 10.1. The van der Waals surface area contributed by atoms with Gasteiger partial charge in [-0.1, -0.05) is 12.1 Å². The largest absolute Gasteiger partial charge is 0.478 e. The predicted molar refractivity (Wildman–Crippen MR) is 59.7 cm³/mol. The second kappa shape index (κ2) is 3.61. The quantitative estimate of drug-likeness (QED) is 0.734. The van der Waals surface area contributed by atoms with Gasteiger partial charge in [0.1, 0.15) is 0 Å². The molecule has 76 valence electrons. The van der Waals surface area contributed by atoms with Gasteiger partial charge in [-0.05, 0) is 24.6 Å². The molecular formula is C12H11NO2. The first-order chi connectivity index (χ1) is 7.18. The molecule has 0 bridgehead atoms. The molecule has 0 amide bonds. The Labute approximate surface area is 87.0 Å². The maximum absolute atomic E-state index is 10.4. The average Bonchev–Trinajstić information content (AvgIpc) is 2.59. The van der Waals surface area contributed by atoms with Crippen LogP contribution in [0.2, 0.25) is 0 Å². The Hall–Kier alpha value is -2.03. The minimum absolute atomic E-state index is 0.908. The van der Waals surface area contributed by atoms with Crippen molar-refractivity contribution in [1.29, 1.82) is 0 Å². The van der Waals surface area contributed by atoms with Crippen LogP contribution in [0, 0.1) is 6.92 Å². The van der Waals surface area contributed by atoms with Crippen molar-refractivity contribution in [2.75, 3.05) is 0 Å². The summed E-state index contributed by atoms with van der Waals surface area (Å²) in [7, 11) is 0. The number of fused-ring (bicyclic) bond motifs is 1. The van der Waals surface area contributed by atoms with Crippen LogP contribution >= 0.6 is 0 Å². The van der Waals surface area contributed by atoms with Gasteiger partial charge >= 0.3 is 5.97 Å². The van der Waals surface area contributed by atoms with Gasteiger partial charge in [-0.3, -0.25) is 0 Å². The molecule has 0 saturated heterocycles. The number of aromatic amines is 1.